The third kappa shape index (κ3) is 4.65. The van der Waals surface area contributed by atoms with Crippen LogP contribution in [0.1, 0.15) is 37.3 Å². The van der Waals surface area contributed by atoms with Gasteiger partial charge < -0.3 is 14.4 Å². The SMILES string of the molecule is Cn1cc(-c2ccc(COc3ccccc3-c3ccn([C@H]4CCCC[C@@H]4O)c(=O)c3)cn2)cn1. The van der Waals surface area contributed by atoms with Gasteiger partial charge in [-0.3, -0.25) is 14.5 Å². The predicted octanol–water partition coefficient (Wildman–Crippen LogP) is 4.37. The van der Waals surface area contributed by atoms with Gasteiger partial charge in [0.15, 0.2) is 0 Å². The van der Waals surface area contributed by atoms with Crippen LogP contribution in [0, 0.1) is 0 Å². The number of hydrogen-bond acceptors (Lipinski definition) is 5. The minimum atomic E-state index is -0.467. The highest BCUT2D eigenvalue weighted by Gasteiger charge is 2.25. The van der Waals surface area contributed by atoms with E-state index in [9.17, 15) is 9.90 Å². The molecule has 174 valence electrons. The quantitative estimate of drug-likeness (QED) is 0.466. The molecule has 1 fully saturated rings. The standard InChI is InChI=1S/C27H28N4O3/c1-30-17-21(16-29-30)23-11-10-19(15-28-23)18-34-26-9-5-2-6-22(26)20-12-13-31(27(33)14-20)24-7-3-4-8-25(24)32/h2,5-6,9-17,24-25,32H,3-4,7-8,18H2,1H3/t24-,25-/m0/s1. The first-order valence-corrected chi connectivity index (χ1v) is 11.6. The van der Waals surface area contributed by atoms with Crippen LogP contribution >= 0.6 is 0 Å². The van der Waals surface area contributed by atoms with Gasteiger partial charge in [0, 0.05) is 48.4 Å². The third-order valence-electron chi connectivity index (χ3n) is 6.42. The molecule has 7 nitrogen and oxygen atoms in total. The topological polar surface area (TPSA) is 82.2 Å². The summed E-state index contributed by atoms with van der Waals surface area (Å²) in [5, 5.41) is 14.5. The van der Waals surface area contributed by atoms with Crippen LogP contribution in [0.3, 0.4) is 0 Å². The lowest BCUT2D eigenvalue weighted by Gasteiger charge is -2.29. The zero-order chi connectivity index (χ0) is 23.5. The molecule has 3 aromatic heterocycles. The Labute approximate surface area is 198 Å². The first kappa shape index (κ1) is 22.1. The van der Waals surface area contributed by atoms with Crippen LogP contribution < -0.4 is 10.3 Å². The molecular formula is C27H28N4O3. The van der Waals surface area contributed by atoms with Gasteiger partial charge in [-0.15, -0.1) is 0 Å². The highest BCUT2D eigenvalue weighted by Crippen LogP contribution is 2.31. The number of aliphatic hydroxyl groups is 1. The van der Waals surface area contributed by atoms with Crippen molar-refractivity contribution in [3.8, 4) is 28.1 Å². The summed E-state index contributed by atoms with van der Waals surface area (Å²) in [5.41, 5.74) is 4.33. The van der Waals surface area contributed by atoms with Gasteiger partial charge in [0.05, 0.1) is 24.0 Å². The molecule has 0 spiro atoms. The van der Waals surface area contributed by atoms with Crippen molar-refractivity contribution >= 4 is 0 Å². The van der Waals surface area contributed by atoms with Gasteiger partial charge in [0.25, 0.3) is 5.56 Å². The Morgan fingerprint density at radius 1 is 1.06 bits per heavy atom. The minimum absolute atomic E-state index is 0.103. The molecule has 0 saturated heterocycles. The van der Waals surface area contributed by atoms with Crippen molar-refractivity contribution < 1.29 is 9.84 Å². The highest BCUT2D eigenvalue weighted by atomic mass is 16.5. The van der Waals surface area contributed by atoms with E-state index in [0.717, 1.165) is 53.6 Å². The summed E-state index contributed by atoms with van der Waals surface area (Å²) in [6.07, 6.45) is 10.5. The minimum Gasteiger partial charge on any atom is -0.488 e. The molecule has 0 bridgehead atoms. The summed E-state index contributed by atoms with van der Waals surface area (Å²) >= 11 is 0. The van der Waals surface area contributed by atoms with E-state index in [1.807, 2.05) is 61.9 Å². The van der Waals surface area contributed by atoms with Crippen molar-refractivity contribution in [2.24, 2.45) is 7.05 Å². The van der Waals surface area contributed by atoms with Crippen LogP contribution in [0.5, 0.6) is 5.75 Å². The van der Waals surface area contributed by atoms with E-state index >= 15 is 0 Å². The Balaban J connectivity index is 1.33. The van der Waals surface area contributed by atoms with E-state index in [1.165, 1.54) is 0 Å². The third-order valence-corrected chi connectivity index (χ3v) is 6.42. The molecule has 4 aromatic rings. The molecule has 7 heteroatoms. The van der Waals surface area contributed by atoms with Crippen molar-refractivity contribution in [2.45, 2.75) is 44.4 Å². The summed E-state index contributed by atoms with van der Waals surface area (Å²) in [6, 6.07) is 15.1. The molecule has 1 saturated carbocycles. The molecule has 1 N–H and O–H groups in total. The average Bonchev–Trinajstić information content (AvgIpc) is 3.30. The van der Waals surface area contributed by atoms with E-state index in [-0.39, 0.29) is 11.6 Å². The molecule has 34 heavy (non-hydrogen) atoms. The Hall–Kier alpha value is -3.71. The van der Waals surface area contributed by atoms with Gasteiger partial charge in [-0.25, -0.2) is 0 Å². The largest absolute Gasteiger partial charge is 0.488 e. The number of aryl methyl sites for hydroxylation is 1. The maximum Gasteiger partial charge on any atom is 0.251 e. The molecule has 1 aromatic carbocycles. The van der Waals surface area contributed by atoms with Crippen molar-refractivity contribution in [3.63, 3.8) is 0 Å². The second kappa shape index (κ2) is 9.65. The Morgan fingerprint density at radius 3 is 2.65 bits per heavy atom. The normalized spacial score (nSPS) is 18.1. The number of aliphatic hydroxyl groups excluding tert-OH is 1. The summed E-state index contributed by atoms with van der Waals surface area (Å²) < 4.78 is 9.55. The van der Waals surface area contributed by atoms with Crippen molar-refractivity contribution in [2.75, 3.05) is 0 Å². The summed E-state index contributed by atoms with van der Waals surface area (Å²) in [7, 11) is 1.88. The molecule has 3 heterocycles. The lowest BCUT2D eigenvalue weighted by molar-refractivity contribution is 0.0738. The maximum atomic E-state index is 12.9. The van der Waals surface area contributed by atoms with E-state index in [1.54, 1.807) is 27.7 Å². The van der Waals surface area contributed by atoms with Gasteiger partial charge in [0.2, 0.25) is 0 Å². The first-order valence-electron chi connectivity index (χ1n) is 11.6. The molecule has 1 aliphatic rings. The number of ether oxygens (including phenoxy) is 1. The molecule has 0 aliphatic heterocycles. The lowest BCUT2D eigenvalue weighted by Crippen LogP contribution is -2.34. The Morgan fingerprint density at radius 2 is 1.91 bits per heavy atom. The Kier molecular flexibility index (Phi) is 6.27. The monoisotopic (exact) mass is 456 g/mol. The number of aromatic nitrogens is 4. The second-order valence-electron chi connectivity index (χ2n) is 8.82. The number of nitrogens with zero attached hydrogens (tertiary/aromatic N) is 4. The van der Waals surface area contributed by atoms with Gasteiger partial charge in [0.1, 0.15) is 12.4 Å². The zero-order valence-corrected chi connectivity index (χ0v) is 19.2. The van der Waals surface area contributed by atoms with Gasteiger partial charge in [-0.2, -0.15) is 5.10 Å². The number of pyridine rings is 2. The molecule has 0 amide bonds. The Bertz CT molecular complexity index is 1330. The first-order chi connectivity index (χ1) is 16.6. The van der Waals surface area contributed by atoms with Crippen LogP contribution in [0.15, 0.2) is 78.1 Å². The van der Waals surface area contributed by atoms with Crippen LogP contribution in [-0.2, 0) is 13.7 Å². The molecule has 0 unspecified atom stereocenters. The van der Waals surface area contributed by atoms with Gasteiger partial charge >= 0.3 is 0 Å². The van der Waals surface area contributed by atoms with Gasteiger partial charge in [-0.1, -0.05) is 37.1 Å². The molecule has 5 rings (SSSR count). The van der Waals surface area contributed by atoms with Crippen LogP contribution in [0.4, 0.5) is 0 Å². The van der Waals surface area contributed by atoms with Crippen molar-refractivity contribution in [3.05, 3.63) is 89.2 Å². The van der Waals surface area contributed by atoms with Crippen LogP contribution in [-0.4, -0.2) is 30.5 Å². The number of rotatable bonds is 6. The summed E-state index contributed by atoms with van der Waals surface area (Å²) in [4.78, 5) is 17.4. The molecule has 0 radical (unpaired) electrons. The lowest BCUT2D eigenvalue weighted by atomic mass is 9.92. The summed E-state index contributed by atoms with van der Waals surface area (Å²) in [5.74, 6) is 0.702. The van der Waals surface area contributed by atoms with E-state index in [0.29, 0.717) is 12.4 Å². The van der Waals surface area contributed by atoms with E-state index in [2.05, 4.69) is 10.1 Å². The number of hydrogen-bond donors (Lipinski definition) is 1. The average molecular weight is 457 g/mol. The molecular weight excluding hydrogens is 428 g/mol. The fourth-order valence-electron chi connectivity index (χ4n) is 4.57. The van der Waals surface area contributed by atoms with Crippen LogP contribution in [0.2, 0.25) is 0 Å². The predicted molar refractivity (Wildman–Crippen MR) is 130 cm³/mol. The molecule has 1 aliphatic carbocycles. The van der Waals surface area contributed by atoms with E-state index < -0.39 is 6.10 Å². The summed E-state index contributed by atoms with van der Waals surface area (Å²) in [6.45, 7) is 0.364. The maximum absolute atomic E-state index is 12.9. The fraction of sp³-hybridized carbons (Fsp3) is 0.296. The highest BCUT2D eigenvalue weighted by molar-refractivity contribution is 5.70. The van der Waals surface area contributed by atoms with E-state index in [4.69, 9.17) is 4.74 Å². The number of para-hydroxylation sites is 1. The van der Waals surface area contributed by atoms with Crippen molar-refractivity contribution in [1.29, 1.82) is 0 Å². The van der Waals surface area contributed by atoms with Crippen molar-refractivity contribution in [1.82, 2.24) is 19.3 Å². The second-order valence-corrected chi connectivity index (χ2v) is 8.82. The molecule has 2 atom stereocenters. The zero-order valence-electron chi connectivity index (χ0n) is 19.2. The van der Waals surface area contributed by atoms with Crippen LogP contribution in [0.25, 0.3) is 22.4 Å². The smallest absolute Gasteiger partial charge is 0.251 e. The van der Waals surface area contributed by atoms with Gasteiger partial charge in [-0.05, 0) is 36.6 Å². The number of benzene rings is 1. The fourth-order valence-corrected chi connectivity index (χ4v) is 4.57.